The minimum atomic E-state index is -0.205. The standard InChI is InChI=1S/C19H15ClN6O/c1-21-18(27)16-9-11-8-12(10-13(20)17(11)25-16)24-19-23-7-5-15(26-19)14-4-2-3-6-22-14/h2-10,25H,1H3,(H,21,27)(H,23,24,26). The topological polar surface area (TPSA) is 95.6 Å². The molecule has 0 spiro atoms. The molecule has 0 aliphatic rings. The molecule has 1 aromatic carbocycles. The maximum absolute atomic E-state index is 11.8. The third kappa shape index (κ3) is 3.45. The zero-order chi connectivity index (χ0) is 18.8. The van der Waals surface area contributed by atoms with E-state index in [9.17, 15) is 4.79 Å². The van der Waals surface area contributed by atoms with Gasteiger partial charge < -0.3 is 15.6 Å². The van der Waals surface area contributed by atoms with Crippen LogP contribution in [0.4, 0.5) is 11.6 Å². The molecular weight excluding hydrogens is 364 g/mol. The highest BCUT2D eigenvalue weighted by Gasteiger charge is 2.12. The molecule has 3 aromatic heterocycles. The molecule has 3 N–H and O–H groups in total. The molecule has 3 heterocycles. The predicted octanol–water partition coefficient (Wildman–Crippen LogP) is 3.78. The summed E-state index contributed by atoms with van der Waals surface area (Å²) in [6.45, 7) is 0. The summed E-state index contributed by atoms with van der Waals surface area (Å²) in [5.41, 5.74) is 3.33. The van der Waals surface area contributed by atoms with Crippen LogP contribution >= 0.6 is 11.6 Å². The Morgan fingerprint density at radius 3 is 2.74 bits per heavy atom. The molecule has 0 unspecified atom stereocenters. The molecule has 0 aliphatic heterocycles. The van der Waals surface area contributed by atoms with E-state index in [-0.39, 0.29) is 5.91 Å². The number of aromatic amines is 1. The second-order valence-electron chi connectivity index (χ2n) is 5.79. The van der Waals surface area contributed by atoms with E-state index >= 15 is 0 Å². The number of nitrogens with one attached hydrogen (secondary N) is 3. The largest absolute Gasteiger partial charge is 0.354 e. The first-order valence-electron chi connectivity index (χ1n) is 8.20. The molecule has 0 aliphatic carbocycles. The Kier molecular flexibility index (Phi) is 4.43. The summed E-state index contributed by atoms with van der Waals surface area (Å²) in [5, 5.41) is 7.04. The average molecular weight is 379 g/mol. The minimum Gasteiger partial charge on any atom is -0.354 e. The average Bonchev–Trinajstić information content (AvgIpc) is 3.13. The lowest BCUT2D eigenvalue weighted by Gasteiger charge is -2.07. The molecule has 0 radical (unpaired) electrons. The van der Waals surface area contributed by atoms with Gasteiger partial charge in [0.15, 0.2) is 0 Å². The summed E-state index contributed by atoms with van der Waals surface area (Å²) in [4.78, 5) is 27.9. The minimum absolute atomic E-state index is 0.205. The van der Waals surface area contributed by atoms with E-state index in [1.54, 1.807) is 37.6 Å². The van der Waals surface area contributed by atoms with Crippen LogP contribution in [0.5, 0.6) is 0 Å². The van der Waals surface area contributed by atoms with Gasteiger partial charge in [-0.1, -0.05) is 17.7 Å². The van der Waals surface area contributed by atoms with Gasteiger partial charge in [0.05, 0.1) is 21.9 Å². The SMILES string of the molecule is CNC(=O)c1cc2cc(Nc3nccc(-c4ccccn4)n3)cc(Cl)c2[nH]1. The van der Waals surface area contributed by atoms with Crippen LogP contribution in [0.2, 0.25) is 5.02 Å². The molecule has 0 fully saturated rings. The Hall–Kier alpha value is -3.45. The number of pyridine rings is 1. The number of aromatic nitrogens is 4. The molecule has 4 rings (SSSR count). The zero-order valence-electron chi connectivity index (χ0n) is 14.3. The molecule has 0 saturated carbocycles. The van der Waals surface area contributed by atoms with Crippen LogP contribution in [-0.4, -0.2) is 32.9 Å². The Morgan fingerprint density at radius 2 is 1.96 bits per heavy atom. The van der Waals surface area contributed by atoms with Crippen molar-refractivity contribution in [1.82, 2.24) is 25.3 Å². The van der Waals surface area contributed by atoms with E-state index in [4.69, 9.17) is 11.6 Å². The fourth-order valence-corrected chi connectivity index (χ4v) is 3.01. The summed E-state index contributed by atoms with van der Waals surface area (Å²) >= 11 is 6.36. The lowest BCUT2D eigenvalue weighted by molar-refractivity contribution is 0.0959. The third-order valence-electron chi connectivity index (χ3n) is 3.99. The van der Waals surface area contributed by atoms with Gasteiger partial charge in [-0.3, -0.25) is 9.78 Å². The second kappa shape index (κ2) is 7.05. The number of amides is 1. The van der Waals surface area contributed by atoms with Gasteiger partial charge in [-0.2, -0.15) is 0 Å². The van der Waals surface area contributed by atoms with Crippen LogP contribution in [-0.2, 0) is 0 Å². The first kappa shape index (κ1) is 17.0. The van der Waals surface area contributed by atoms with Crippen LogP contribution in [0.15, 0.2) is 54.9 Å². The lowest BCUT2D eigenvalue weighted by atomic mass is 10.2. The van der Waals surface area contributed by atoms with Gasteiger partial charge in [0.1, 0.15) is 5.69 Å². The summed E-state index contributed by atoms with van der Waals surface area (Å²) in [5.74, 6) is 0.221. The number of carbonyl (C=O) groups excluding carboxylic acids is 1. The highest BCUT2D eigenvalue weighted by atomic mass is 35.5. The number of anilines is 2. The van der Waals surface area contributed by atoms with Gasteiger partial charge in [0.25, 0.3) is 5.91 Å². The third-order valence-corrected chi connectivity index (χ3v) is 4.29. The molecule has 27 heavy (non-hydrogen) atoms. The predicted molar refractivity (Wildman–Crippen MR) is 105 cm³/mol. The lowest BCUT2D eigenvalue weighted by Crippen LogP contribution is -2.17. The van der Waals surface area contributed by atoms with Crippen molar-refractivity contribution in [2.75, 3.05) is 12.4 Å². The fraction of sp³-hybridized carbons (Fsp3) is 0.0526. The number of benzene rings is 1. The van der Waals surface area contributed by atoms with Crippen molar-refractivity contribution in [2.45, 2.75) is 0 Å². The smallest absolute Gasteiger partial charge is 0.267 e. The summed E-state index contributed by atoms with van der Waals surface area (Å²) in [6, 6.07) is 12.8. The molecule has 134 valence electrons. The van der Waals surface area contributed by atoms with Crippen LogP contribution in [0.3, 0.4) is 0 Å². The number of rotatable bonds is 4. The molecule has 7 nitrogen and oxygen atoms in total. The molecule has 0 atom stereocenters. The van der Waals surface area contributed by atoms with Crippen molar-refractivity contribution < 1.29 is 4.79 Å². The molecule has 4 aromatic rings. The van der Waals surface area contributed by atoms with E-state index in [0.717, 1.165) is 11.1 Å². The van der Waals surface area contributed by atoms with Crippen molar-refractivity contribution >= 4 is 40.0 Å². The van der Waals surface area contributed by atoms with Gasteiger partial charge in [-0.15, -0.1) is 0 Å². The first-order valence-corrected chi connectivity index (χ1v) is 8.57. The number of nitrogens with zero attached hydrogens (tertiary/aromatic N) is 3. The molecule has 0 saturated heterocycles. The van der Waals surface area contributed by atoms with E-state index < -0.39 is 0 Å². The highest BCUT2D eigenvalue weighted by Crippen LogP contribution is 2.29. The van der Waals surface area contributed by atoms with Gasteiger partial charge >= 0.3 is 0 Å². The Bertz CT molecular complexity index is 1130. The van der Waals surface area contributed by atoms with E-state index in [1.807, 2.05) is 24.3 Å². The monoisotopic (exact) mass is 378 g/mol. The van der Waals surface area contributed by atoms with Crippen molar-refractivity contribution in [2.24, 2.45) is 0 Å². The van der Waals surface area contributed by atoms with E-state index in [1.165, 1.54) is 0 Å². The van der Waals surface area contributed by atoms with Gasteiger partial charge in [-0.25, -0.2) is 9.97 Å². The van der Waals surface area contributed by atoms with Crippen LogP contribution < -0.4 is 10.6 Å². The number of hydrogen-bond acceptors (Lipinski definition) is 5. The van der Waals surface area contributed by atoms with Crippen LogP contribution in [0, 0.1) is 0 Å². The Labute approximate surface area is 159 Å². The van der Waals surface area contributed by atoms with Crippen molar-refractivity contribution in [3.05, 3.63) is 65.6 Å². The highest BCUT2D eigenvalue weighted by molar-refractivity contribution is 6.35. The van der Waals surface area contributed by atoms with Gasteiger partial charge in [0.2, 0.25) is 5.95 Å². The molecule has 1 amide bonds. The van der Waals surface area contributed by atoms with E-state index in [2.05, 4.69) is 30.6 Å². The summed E-state index contributed by atoms with van der Waals surface area (Å²) in [7, 11) is 1.58. The number of hydrogen-bond donors (Lipinski definition) is 3. The van der Waals surface area contributed by atoms with Crippen molar-refractivity contribution in [3.8, 4) is 11.4 Å². The van der Waals surface area contributed by atoms with Gasteiger partial charge in [-0.05, 0) is 36.4 Å². The Balaban J connectivity index is 1.66. The molecular formula is C19H15ClN6O. The first-order chi connectivity index (χ1) is 13.1. The van der Waals surface area contributed by atoms with E-state index in [0.29, 0.717) is 33.6 Å². The van der Waals surface area contributed by atoms with Gasteiger partial charge in [0, 0.05) is 30.5 Å². The second-order valence-corrected chi connectivity index (χ2v) is 6.20. The molecule has 8 heteroatoms. The molecule has 0 bridgehead atoms. The fourth-order valence-electron chi connectivity index (χ4n) is 2.73. The summed E-state index contributed by atoms with van der Waals surface area (Å²) < 4.78 is 0. The van der Waals surface area contributed by atoms with Crippen molar-refractivity contribution in [1.29, 1.82) is 0 Å². The summed E-state index contributed by atoms with van der Waals surface area (Å²) in [6.07, 6.45) is 3.38. The number of carbonyl (C=O) groups is 1. The van der Waals surface area contributed by atoms with Crippen molar-refractivity contribution in [3.63, 3.8) is 0 Å². The number of fused-ring (bicyclic) bond motifs is 1. The normalized spacial score (nSPS) is 10.7. The maximum Gasteiger partial charge on any atom is 0.267 e. The number of H-pyrrole nitrogens is 1. The Morgan fingerprint density at radius 1 is 1.07 bits per heavy atom. The number of halogens is 1. The maximum atomic E-state index is 11.8. The van der Waals surface area contributed by atoms with Crippen LogP contribution in [0.25, 0.3) is 22.3 Å². The van der Waals surface area contributed by atoms with Crippen LogP contribution in [0.1, 0.15) is 10.5 Å². The zero-order valence-corrected chi connectivity index (χ0v) is 15.1. The quantitative estimate of drug-likeness (QED) is 0.502.